The smallest absolute Gasteiger partial charge is 0.389 e. The summed E-state index contributed by atoms with van der Waals surface area (Å²) in [7, 11) is 0. The maximum absolute atomic E-state index is 12.7. The average Bonchev–Trinajstić information content (AvgIpc) is 3.37. The number of nitrogens with one attached hydrogen (secondary N) is 1. The molecule has 34 heavy (non-hydrogen) atoms. The summed E-state index contributed by atoms with van der Waals surface area (Å²) in [4.78, 5) is 35.1. The fourth-order valence-corrected chi connectivity index (χ4v) is 5.27. The number of hydrogen-bond acceptors (Lipinski definition) is 8. The summed E-state index contributed by atoms with van der Waals surface area (Å²) in [5.41, 5.74) is 6.20. The molecule has 8 nitrogen and oxygen atoms in total. The second-order valence-electron chi connectivity index (χ2n) is 7.68. The van der Waals surface area contributed by atoms with Crippen LogP contribution in [0.25, 0.3) is 10.6 Å². The van der Waals surface area contributed by atoms with E-state index < -0.39 is 17.8 Å². The molecule has 0 saturated carbocycles. The van der Waals surface area contributed by atoms with E-state index in [0.29, 0.717) is 45.1 Å². The predicted molar refractivity (Wildman–Crippen MR) is 121 cm³/mol. The third kappa shape index (κ3) is 5.37. The molecule has 3 heterocycles. The molecule has 0 radical (unpaired) electrons. The number of Topliss-reactive ketones (excluding diaryl/α,β-unsaturated/α-hetero) is 1. The Bertz CT molecular complexity index is 1190. The van der Waals surface area contributed by atoms with E-state index in [-0.39, 0.29) is 31.3 Å². The number of amides is 2. The van der Waals surface area contributed by atoms with Crippen LogP contribution in [0.1, 0.15) is 21.3 Å². The fourth-order valence-electron chi connectivity index (χ4n) is 3.50. The molecule has 1 fully saturated rings. The van der Waals surface area contributed by atoms with Crippen molar-refractivity contribution in [2.45, 2.75) is 25.7 Å². The SMILES string of the molecule is NC(=O)NCc1nc(CO)sc1-c1csc(CC(=O)C2CN(c3ccc(C(F)(F)F)cc3)C2)n1. The molecule has 180 valence electrons. The van der Waals surface area contributed by atoms with Gasteiger partial charge in [-0.05, 0) is 24.3 Å². The molecule has 1 aliphatic heterocycles. The van der Waals surface area contributed by atoms with Gasteiger partial charge >= 0.3 is 12.2 Å². The Labute approximate surface area is 200 Å². The van der Waals surface area contributed by atoms with E-state index in [1.54, 1.807) is 5.38 Å². The van der Waals surface area contributed by atoms with Gasteiger partial charge in [0, 0.05) is 24.2 Å². The summed E-state index contributed by atoms with van der Waals surface area (Å²) >= 11 is 2.58. The van der Waals surface area contributed by atoms with E-state index in [0.717, 1.165) is 12.1 Å². The standard InChI is InChI=1S/C21H20F3N5O3S2/c22-21(23,24)12-1-3-13(4-2-12)29-7-11(8-29)16(31)5-17-28-15(10-33-17)19-14(6-26-20(25)32)27-18(9-30)34-19/h1-4,10-11,30H,5-9H2,(H3,25,26,32). The van der Waals surface area contributed by atoms with Gasteiger partial charge in [0.25, 0.3) is 0 Å². The largest absolute Gasteiger partial charge is 0.416 e. The van der Waals surface area contributed by atoms with Crippen LogP contribution >= 0.6 is 22.7 Å². The van der Waals surface area contributed by atoms with Gasteiger partial charge in [0.2, 0.25) is 0 Å². The van der Waals surface area contributed by atoms with Crippen molar-refractivity contribution in [3.8, 4) is 10.6 Å². The highest BCUT2D eigenvalue weighted by Gasteiger charge is 2.34. The Balaban J connectivity index is 1.36. The number of carbonyl (C=O) groups is 2. The first-order chi connectivity index (χ1) is 16.1. The maximum Gasteiger partial charge on any atom is 0.416 e. The lowest BCUT2D eigenvalue weighted by atomic mass is 9.92. The molecule has 0 atom stereocenters. The maximum atomic E-state index is 12.7. The first kappa shape index (κ1) is 24.1. The van der Waals surface area contributed by atoms with Gasteiger partial charge in [-0.3, -0.25) is 4.79 Å². The van der Waals surface area contributed by atoms with Crippen LogP contribution in [0.4, 0.5) is 23.7 Å². The van der Waals surface area contributed by atoms with Gasteiger partial charge < -0.3 is 21.1 Å². The quantitative estimate of drug-likeness (QED) is 0.427. The second-order valence-corrected chi connectivity index (χ2v) is 9.70. The number of rotatable bonds is 8. The van der Waals surface area contributed by atoms with Gasteiger partial charge in [-0.15, -0.1) is 22.7 Å². The number of urea groups is 1. The number of primary amides is 1. The van der Waals surface area contributed by atoms with E-state index in [2.05, 4.69) is 15.3 Å². The van der Waals surface area contributed by atoms with Crippen molar-refractivity contribution in [3.05, 3.63) is 50.9 Å². The highest BCUT2D eigenvalue weighted by Crippen LogP contribution is 2.34. The summed E-state index contributed by atoms with van der Waals surface area (Å²) in [6.07, 6.45) is -4.23. The number of thiazole rings is 2. The molecule has 1 aromatic carbocycles. The molecule has 2 amide bonds. The van der Waals surface area contributed by atoms with Crippen molar-refractivity contribution in [2.75, 3.05) is 18.0 Å². The second kappa shape index (κ2) is 9.68. The lowest BCUT2D eigenvalue weighted by molar-refractivity contribution is -0.137. The summed E-state index contributed by atoms with van der Waals surface area (Å²) in [6.45, 7) is 0.732. The van der Waals surface area contributed by atoms with Gasteiger partial charge in [-0.1, -0.05) is 0 Å². The number of anilines is 1. The number of benzene rings is 1. The number of hydrogen-bond donors (Lipinski definition) is 3. The highest BCUT2D eigenvalue weighted by atomic mass is 32.1. The number of carbonyl (C=O) groups excluding carboxylic acids is 2. The highest BCUT2D eigenvalue weighted by molar-refractivity contribution is 7.16. The number of nitrogens with zero attached hydrogens (tertiary/aromatic N) is 3. The summed E-state index contributed by atoms with van der Waals surface area (Å²) < 4.78 is 38.1. The number of aliphatic hydroxyl groups is 1. The lowest BCUT2D eigenvalue weighted by Gasteiger charge is -2.40. The molecule has 13 heteroatoms. The van der Waals surface area contributed by atoms with Gasteiger partial charge in [0.05, 0.1) is 47.3 Å². The third-order valence-electron chi connectivity index (χ3n) is 5.31. The Morgan fingerprint density at radius 2 is 1.88 bits per heavy atom. The summed E-state index contributed by atoms with van der Waals surface area (Å²) in [5, 5.41) is 14.7. The first-order valence-corrected chi connectivity index (χ1v) is 11.9. The lowest BCUT2D eigenvalue weighted by Crippen LogP contribution is -2.50. The number of aliphatic hydroxyl groups excluding tert-OH is 1. The van der Waals surface area contributed by atoms with Crippen LogP contribution in [0.5, 0.6) is 0 Å². The zero-order valence-electron chi connectivity index (χ0n) is 17.6. The predicted octanol–water partition coefficient (Wildman–Crippen LogP) is 3.19. The molecule has 0 unspecified atom stereocenters. The molecule has 0 aliphatic carbocycles. The van der Waals surface area contributed by atoms with Crippen molar-refractivity contribution < 1.29 is 27.9 Å². The Morgan fingerprint density at radius 1 is 1.18 bits per heavy atom. The van der Waals surface area contributed by atoms with Crippen LogP contribution in [0.3, 0.4) is 0 Å². The minimum atomic E-state index is -4.38. The number of nitrogens with two attached hydrogens (primary N) is 1. The summed E-state index contributed by atoms with van der Waals surface area (Å²) in [6, 6.07) is 4.21. The normalized spacial score (nSPS) is 14.2. The van der Waals surface area contributed by atoms with Crippen molar-refractivity contribution in [3.63, 3.8) is 0 Å². The van der Waals surface area contributed by atoms with Crippen LogP contribution in [0.2, 0.25) is 0 Å². The van der Waals surface area contributed by atoms with Gasteiger partial charge in [-0.2, -0.15) is 13.2 Å². The molecule has 4 rings (SSSR count). The van der Waals surface area contributed by atoms with Crippen molar-refractivity contribution in [2.24, 2.45) is 11.7 Å². The monoisotopic (exact) mass is 511 g/mol. The van der Waals surface area contributed by atoms with E-state index in [1.165, 1.54) is 34.8 Å². The van der Waals surface area contributed by atoms with Crippen LogP contribution in [-0.4, -0.2) is 40.0 Å². The third-order valence-corrected chi connectivity index (χ3v) is 7.27. The van der Waals surface area contributed by atoms with Crippen molar-refractivity contribution in [1.82, 2.24) is 15.3 Å². The van der Waals surface area contributed by atoms with Crippen LogP contribution in [0, 0.1) is 5.92 Å². The van der Waals surface area contributed by atoms with Gasteiger partial charge in [-0.25, -0.2) is 14.8 Å². The molecule has 3 aromatic rings. The topological polar surface area (TPSA) is 121 Å². The van der Waals surface area contributed by atoms with Gasteiger partial charge in [0.15, 0.2) is 0 Å². The van der Waals surface area contributed by atoms with E-state index in [4.69, 9.17) is 5.73 Å². The average molecular weight is 512 g/mol. The van der Waals surface area contributed by atoms with Crippen LogP contribution < -0.4 is 16.0 Å². The molecule has 4 N–H and O–H groups in total. The molecule has 0 bridgehead atoms. The number of alkyl halides is 3. The number of halogens is 3. The molecular formula is C21H20F3N5O3S2. The molecule has 2 aromatic heterocycles. The van der Waals surface area contributed by atoms with E-state index in [1.807, 2.05) is 4.90 Å². The van der Waals surface area contributed by atoms with Crippen LogP contribution in [-0.2, 0) is 30.5 Å². The van der Waals surface area contributed by atoms with Crippen LogP contribution in [0.15, 0.2) is 29.6 Å². The Kier molecular flexibility index (Phi) is 6.86. The minimum Gasteiger partial charge on any atom is -0.389 e. The van der Waals surface area contributed by atoms with E-state index in [9.17, 15) is 27.9 Å². The van der Waals surface area contributed by atoms with Crippen molar-refractivity contribution in [1.29, 1.82) is 0 Å². The fraction of sp³-hybridized carbons (Fsp3) is 0.333. The minimum absolute atomic E-state index is 0.0139. The molecule has 1 saturated heterocycles. The zero-order valence-corrected chi connectivity index (χ0v) is 19.3. The first-order valence-electron chi connectivity index (χ1n) is 10.2. The van der Waals surface area contributed by atoms with Gasteiger partial charge in [0.1, 0.15) is 15.8 Å². The molecular weight excluding hydrogens is 491 g/mol. The Hall–Kier alpha value is -3.03. The summed E-state index contributed by atoms with van der Waals surface area (Å²) in [5.74, 6) is -0.200. The zero-order chi connectivity index (χ0) is 24.5. The molecule has 0 spiro atoms. The van der Waals surface area contributed by atoms with Crippen molar-refractivity contribution >= 4 is 40.2 Å². The van der Waals surface area contributed by atoms with E-state index >= 15 is 0 Å². The Morgan fingerprint density at radius 3 is 2.50 bits per heavy atom. The number of aromatic nitrogens is 2. The number of ketones is 1. The molecule has 1 aliphatic rings.